The van der Waals surface area contributed by atoms with Crippen LogP contribution in [0, 0.1) is 0 Å². The molecular weight excluding hydrogens is 312 g/mol. The van der Waals surface area contributed by atoms with E-state index in [1.54, 1.807) is 0 Å². The number of aromatic nitrogens is 2. The number of hydrogen-bond donors (Lipinski definition) is 1. The summed E-state index contributed by atoms with van der Waals surface area (Å²) < 4.78 is 2.20. The Bertz CT molecular complexity index is 747. The summed E-state index contributed by atoms with van der Waals surface area (Å²) in [6.07, 6.45) is 8.21. The molecule has 0 radical (unpaired) electrons. The lowest BCUT2D eigenvalue weighted by molar-refractivity contribution is 0.171. The van der Waals surface area contributed by atoms with E-state index in [1.165, 1.54) is 24.8 Å². The number of nitrogens with zero attached hydrogens (tertiary/aromatic N) is 3. The Balaban J connectivity index is 1.46. The molecule has 5 heteroatoms. The van der Waals surface area contributed by atoms with E-state index in [4.69, 9.17) is 4.98 Å². The zero-order valence-corrected chi connectivity index (χ0v) is 15.1. The molecule has 134 valence electrons. The molecule has 2 aromatic rings. The van der Waals surface area contributed by atoms with Crippen molar-refractivity contribution in [1.82, 2.24) is 19.8 Å². The molecule has 1 aromatic carbocycles. The number of urea groups is 1. The van der Waals surface area contributed by atoms with Gasteiger partial charge in [-0.3, -0.25) is 0 Å². The Morgan fingerprint density at radius 2 is 1.92 bits per heavy atom. The smallest absolute Gasteiger partial charge is 0.317 e. The van der Waals surface area contributed by atoms with Crippen LogP contribution in [-0.2, 0) is 7.05 Å². The number of para-hydroxylation sites is 2. The fourth-order valence-corrected chi connectivity index (χ4v) is 4.41. The monoisotopic (exact) mass is 340 g/mol. The predicted molar refractivity (Wildman–Crippen MR) is 99.7 cm³/mol. The standard InChI is InChI=1S/C20H28N4O/c1-23-18-12-6-5-11-17(18)22-19(23)15-8-7-13-24(14-15)20(25)21-16-9-3-2-4-10-16/h5-6,11-12,15-16H,2-4,7-10,13-14H2,1H3,(H,21,25). The number of aryl methyl sites for hydroxylation is 1. The molecule has 1 atom stereocenters. The van der Waals surface area contributed by atoms with Crippen molar-refractivity contribution in [2.75, 3.05) is 13.1 Å². The second-order valence-electron chi connectivity index (χ2n) is 7.59. The number of fused-ring (bicyclic) bond motifs is 1. The van der Waals surface area contributed by atoms with Crippen LogP contribution in [0.1, 0.15) is 56.7 Å². The molecule has 1 saturated heterocycles. The highest BCUT2D eigenvalue weighted by Gasteiger charge is 2.29. The second-order valence-corrected chi connectivity index (χ2v) is 7.59. The van der Waals surface area contributed by atoms with Crippen molar-refractivity contribution >= 4 is 17.1 Å². The number of nitrogens with one attached hydrogen (secondary N) is 1. The van der Waals surface area contributed by atoms with Gasteiger partial charge in [-0.25, -0.2) is 9.78 Å². The Kier molecular flexibility index (Phi) is 4.64. The van der Waals surface area contributed by atoms with Crippen molar-refractivity contribution in [2.24, 2.45) is 7.05 Å². The van der Waals surface area contributed by atoms with Crippen molar-refractivity contribution in [3.63, 3.8) is 0 Å². The summed E-state index contributed by atoms with van der Waals surface area (Å²) in [4.78, 5) is 19.5. The number of piperidine rings is 1. The third kappa shape index (κ3) is 3.37. The van der Waals surface area contributed by atoms with E-state index < -0.39 is 0 Å². The minimum Gasteiger partial charge on any atom is -0.335 e. The molecular formula is C20H28N4O. The van der Waals surface area contributed by atoms with E-state index in [9.17, 15) is 4.79 Å². The van der Waals surface area contributed by atoms with Crippen LogP contribution in [0.4, 0.5) is 4.79 Å². The van der Waals surface area contributed by atoms with E-state index in [-0.39, 0.29) is 6.03 Å². The first-order chi connectivity index (χ1) is 12.2. The van der Waals surface area contributed by atoms with E-state index in [0.717, 1.165) is 50.1 Å². The van der Waals surface area contributed by atoms with E-state index >= 15 is 0 Å². The Morgan fingerprint density at radius 3 is 2.72 bits per heavy atom. The third-order valence-corrected chi connectivity index (χ3v) is 5.83. The lowest BCUT2D eigenvalue weighted by atomic mass is 9.95. The second kappa shape index (κ2) is 7.06. The van der Waals surface area contributed by atoms with Gasteiger partial charge >= 0.3 is 6.03 Å². The summed E-state index contributed by atoms with van der Waals surface area (Å²) in [6, 6.07) is 8.76. The zero-order chi connectivity index (χ0) is 17.2. The Hall–Kier alpha value is -2.04. The summed E-state index contributed by atoms with van der Waals surface area (Å²) in [6.45, 7) is 1.63. The maximum atomic E-state index is 12.7. The SMILES string of the molecule is Cn1c(C2CCCN(C(=O)NC3CCCCC3)C2)nc2ccccc21. The van der Waals surface area contributed by atoms with Gasteiger partial charge in [0, 0.05) is 32.1 Å². The van der Waals surface area contributed by atoms with Gasteiger partial charge in [-0.2, -0.15) is 0 Å². The number of carbonyl (C=O) groups excluding carboxylic acids is 1. The van der Waals surface area contributed by atoms with Gasteiger partial charge in [0.25, 0.3) is 0 Å². The van der Waals surface area contributed by atoms with Gasteiger partial charge in [-0.1, -0.05) is 31.4 Å². The van der Waals surface area contributed by atoms with Crippen molar-refractivity contribution in [3.8, 4) is 0 Å². The summed E-state index contributed by atoms with van der Waals surface area (Å²) >= 11 is 0. The first-order valence-electron chi connectivity index (χ1n) is 9.69. The highest BCUT2D eigenvalue weighted by atomic mass is 16.2. The molecule has 1 aromatic heterocycles. The first-order valence-corrected chi connectivity index (χ1v) is 9.69. The molecule has 2 fully saturated rings. The summed E-state index contributed by atoms with van der Waals surface area (Å²) in [5.74, 6) is 1.43. The van der Waals surface area contributed by atoms with Gasteiger partial charge in [0.15, 0.2) is 0 Å². The number of benzene rings is 1. The minimum atomic E-state index is 0.121. The van der Waals surface area contributed by atoms with Crippen molar-refractivity contribution in [1.29, 1.82) is 0 Å². The molecule has 5 nitrogen and oxygen atoms in total. The van der Waals surface area contributed by atoms with Gasteiger partial charge in [-0.15, -0.1) is 0 Å². The maximum Gasteiger partial charge on any atom is 0.317 e. The molecule has 1 saturated carbocycles. The zero-order valence-electron chi connectivity index (χ0n) is 15.1. The maximum absolute atomic E-state index is 12.7. The van der Waals surface area contributed by atoms with Crippen LogP contribution in [0.3, 0.4) is 0 Å². The quantitative estimate of drug-likeness (QED) is 0.904. The minimum absolute atomic E-state index is 0.121. The van der Waals surface area contributed by atoms with Crippen molar-refractivity contribution in [2.45, 2.75) is 56.9 Å². The molecule has 2 heterocycles. The van der Waals surface area contributed by atoms with Crippen molar-refractivity contribution < 1.29 is 4.79 Å². The highest BCUT2D eigenvalue weighted by molar-refractivity contribution is 5.76. The van der Waals surface area contributed by atoms with Gasteiger partial charge in [0.2, 0.25) is 0 Å². The average molecular weight is 340 g/mol. The summed E-state index contributed by atoms with van der Waals surface area (Å²) in [5.41, 5.74) is 2.21. The number of imidazole rings is 1. The molecule has 2 aliphatic rings. The fourth-order valence-electron chi connectivity index (χ4n) is 4.41. The van der Waals surface area contributed by atoms with Crippen molar-refractivity contribution in [3.05, 3.63) is 30.1 Å². The Morgan fingerprint density at radius 1 is 1.12 bits per heavy atom. The summed E-state index contributed by atoms with van der Waals surface area (Å²) in [5, 5.41) is 3.26. The van der Waals surface area contributed by atoms with Crippen LogP contribution in [0.2, 0.25) is 0 Å². The van der Waals surface area contributed by atoms with Crippen LogP contribution in [0.5, 0.6) is 0 Å². The largest absolute Gasteiger partial charge is 0.335 e. The van der Waals surface area contributed by atoms with Crippen LogP contribution >= 0.6 is 0 Å². The van der Waals surface area contributed by atoms with Crippen LogP contribution in [0.25, 0.3) is 11.0 Å². The number of hydrogen-bond acceptors (Lipinski definition) is 2. The highest BCUT2D eigenvalue weighted by Crippen LogP contribution is 2.29. The molecule has 1 aliphatic heterocycles. The van der Waals surface area contributed by atoms with E-state index in [2.05, 4.69) is 35.1 Å². The van der Waals surface area contributed by atoms with Crippen LogP contribution < -0.4 is 5.32 Å². The lowest BCUT2D eigenvalue weighted by Crippen LogP contribution is -2.48. The molecule has 2 amide bonds. The van der Waals surface area contributed by atoms with Crippen LogP contribution in [-0.4, -0.2) is 39.6 Å². The molecule has 0 spiro atoms. The first kappa shape index (κ1) is 16.4. The topological polar surface area (TPSA) is 50.2 Å². The fraction of sp³-hybridized carbons (Fsp3) is 0.600. The summed E-state index contributed by atoms with van der Waals surface area (Å²) in [7, 11) is 2.09. The number of likely N-dealkylation sites (tertiary alicyclic amines) is 1. The average Bonchev–Trinajstić information content (AvgIpc) is 3.00. The molecule has 1 unspecified atom stereocenters. The van der Waals surface area contributed by atoms with E-state index in [0.29, 0.717) is 12.0 Å². The van der Waals surface area contributed by atoms with E-state index in [1.807, 2.05) is 11.0 Å². The molecule has 4 rings (SSSR count). The predicted octanol–water partition coefficient (Wildman–Crippen LogP) is 3.80. The molecule has 25 heavy (non-hydrogen) atoms. The van der Waals surface area contributed by atoms with Gasteiger partial charge < -0.3 is 14.8 Å². The van der Waals surface area contributed by atoms with Gasteiger partial charge in [-0.05, 0) is 37.8 Å². The Labute approximate surface area is 149 Å². The molecule has 1 N–H and O–H groups in total. The van der Waals surface area contributed by atoms with Crippen LogP contribution in [0.15, 0.2) is 24.3 Å². The normalized spacial score (nSPS) is 22.3. The third-order valence-electron chi connectivity index (χ3n) is 5.83. The number of carbonyl (C=O) groups is 1. The lowest BCUT2D eigenvalue weighted by Gasteiger charge is -2.34. The number of rotatable bonds is 2. The van der Waals surface area contributed by atoms with Gasteiger partial charge in [0.1, 0.15) is 5.82 Å². The molecule has 0 bridgehead atoms. The molecule has 1 aliphatic carbocycles. The number of amides is 2. The van der Waals surface area contributed by atoms with Gasteiger partial charge in [0.05, 0.1) is 11.0 Å².